The summed E-state index contributed by atoms with van der Waals surface area (Å²) >= 11 is 0. The van der Waals surface area contributed by atoms with Gasteiger partial charge in [-0.25, -0.2) is 0 Å². The van der Waals surface area contributed by atoms with E-state index in [9.17, 15) is 0 Å². The van der Waals surface area contributed by atoms with Gasteiger partial charge < -0.3 is 5.32 Å². The highest BCUT2D eigenvalue weighted by Gasteiger charge is 2.17. The minimum atomic E-state index is 0.908. The second-order valence-electron chi connectivity index (χ2n) is 4.39. The Morgan fingerprint density at radius 3 is 3.12 bits per heavy atom. The summed E-state index contributed by atoms with van der Waals surface area (Å²) in [4.78, 5) is 4.38. The quantitative estimate of drug-likeness (QED) is 0.808. The number of nitrogens with one attached hydrogen (secondary N) is 1. The topological polar surface area (TPSA) is 42.7 Å². The largest absolute Gasteiger partial charge is 0.311 e. The van der Waals surface area contributed by atoms with E-state index in [4.69, 9.17) is 5.10 Å². The molecule has 0 bridgehead atoms. The van der Waals surface area contributed by atoms with Crippen LogP contribution in [0.3, 0.4) is 0 Å². The van der Waals surface area contributed by atoms with Crippen molar-refractivity contribution >= 4 is 0 Å². The number of aromatic nitrogens is 3. The molecular weight excluding hydrogens is 212 g/mol. The molecule has 0 unspecified atom stereocenters. The van der Waals surface area contributed by atoms with Gasteiger partial charge >= 0.3 is 0 Å². The fourth-order valence-corrected chi connectivity index (χ4v) is 2.30. The van der Waals surface area contributed by atoms with Crippen molar-refractivity contribution in [1.82, 2.24) is 20.1 Å². The van der Waals surface area contributed by atoms with E-state index in [0.717, 1.165) is 37.4 Å². The third-order valence-electron chi connectivity index (χ3n) is 3.24. The van der Waals surface area contributed by atoms with Crippen LogP contribution in [0.4, 0.5) is 0 Å². The highest BCUT2D eigenvalue weighted by atomic mass is 15.3. The van der Waals surface area contributed by atoms with Crippen molar-refractivity contribution in [2.45, 2.75) is 26.4 Å². The van der Waals surface area contributed by atoms with Crippen LogP contribution in [0.2, 0.25) is 0 Å². The molecule has 2 aromatic heterocycles. The van der Waals surface area contributed by atoms with Gasteiger partial charge in [-0.1, -0.05) is 6.07 Å². The summed E-state index contributed by atoms with van der Waals surface area (Å²) in [7, 11) is 0. The summed E-state index contributed by atoms with van der Waals surface area (Å²) in [5, 5.41) is 8.12. The Bertz CT molecular complexity index is 516. The van der Waals surface area contributed by atoms with Gasteiger partial charge in [0.15, 0.2) is 0 Å². The Morgan fingerprint density at radius 1 is 1.35 bits per heavy atom. The number of aryl methyl sites for hydroxylation is 1. The van der Waals surface area contributed by atoms with Crippen molar-refractivity contribution in [3.05, 3.63) is 35.7 Å². The zero-order valence-electron chi connectivity index (χ0n) is 9.98. The molecule has 0 saturated carbocycles. The average Bonchev–Trinajstić information content (AvgIpc) is 2.56. The van der Waals surface area contributed by atoms with E-state index in [1.165, 1.54) is 11.3 Å². The molecule has 0 aromatic carbocycles. The van der Waals surface area contributed by atoms with Crippen molar-refractivity contribution in [2.75, 3.05) is 6.54 Å². The Kier molecular flexibility index (Phi) is 2.65. The lowest BCUT2D eigenvalue weighted by molar-refractivity contribution is 0.588. The summed E-state index contributed by atoms with van der Waals surface area (Å²) in [6.45, 7) is 5.11. The van der Waals surface area contributed by atoms with Crippen LogP contribution in [0.15, 0.2) is 24.4 Å². The van der Waals surface area contributed by atoms with Crippen molar-refractivity contribution in [2.24, 2.45) is 0 Å². The van der Waals surface area contributed by atoms with Crippen LogP contribution in [0.25, 0.3) is 11.4 Å². The molecule has 3 rings (SSSR count). The third-order valence-corrected chi connectivity index (χ3v) is 3.24. The number of rotatable bonds is 1. The van der Waals surface area contributed by atoms with Crippen molar-refractivity contribution < 1.29 is 0 Å². The monoisotopic (exact) mass is 228 g/mol. The van der Waals surface area contributed by atoms with E-state index in [0.29, 0.717) is 0 Å². The molecule has 0 atom stereocenters. The first-order valence-electron chi connectivity index (χ1n) is 6.04. The van der Waals surface area contributed by atoms with Gasteiger partial charge in [-0.15, -0.1) is 0 Å². The maximum atomic E-state index is 4.69. The molecule has 4 nitrogen and oxygen atoms in total. The van der Waals surface area contributed by atoms with Gasteiger partial charge in [-0.2, -0.15) is 5.10 Å². The zero-order chi connectivity index (χ0) is 11.7. The molecule has 0 fully saturated rings. The fourth-order valence-electron chi connectivity index (χ4n) is 2.30. The lowest BCUT2D eigenvalue weighted by atomic mass is 10.1. The first-order chi connectivity index (χ1) is 8.36. The van der Waals surface area contributed by atoms with Crippen LogP contribution in [0.1, 0.15) is 17.7 Å². The maximum Gasteiger partial charge on any atom is 0.114 e. The van der Waals surface area contributed by atoms with E-state index in [1.807, 2.05) is 24.4 Å². The first kappa shape index (κ1) is 10.5. The van der Waals surface area contributed by atoms with Gasteiger partial charge in [0, 0.05) is 24.8 Å². The normalized spacial score (nSPS) is 15.4. The SMILES string of the molecule is Cc1c(-c2ccccn2)nn2c1CNCCC2. The van der Waals surface area contributed by atoms with Gasteiger partial charge in [-0.3, -0.25) is 9.67 Å². The van der Waals surface area contributed by atoms with E-state index in [2.05, 4.69) is 21.9 Å². The second-order valence-corrected chi connectivity index (χ2v) is 4.39. The summed E-state index contributed by atoms with van der Waals surface area (Å²) in [6.07, 6.45) is 2.95. The van der Waals surface area contributed by atoms with Crippen LogP contribution >= 0.6 is 0 Å². The number of pyridine rings is 1. The van der Waals surface area contributed by atoms with Crippen LogP contribution in [0.5, 0.6) is 0 Å². The zero-order valence-corrected chi connectivity index (χ0v) is 9.98. The lowest BCUT2D eigenvalue weighted by Crippen LogP contribution is -2.12. The van der Waals surface area contributed by atoms with Gasteiger partial charge in [0.05, 0.1) is 11.4 Å². The molecule has 88 valence electrons. The molecule has 0 amide bonds. The van der Waals surface area contributed by atoms with Crippen LogP contribution in [0, 0.1) is 6.92 Å². The summed E-state index contributed by atoms with van der Waals surface area (Å²) in [5.41, 5.74) is 4.52. The van der Waals surface area contributed by atoms with Gasteiger partial charge in [0.1, 0.15) is 5.69 Å². The smallest absolute Gasteiger partial charge is 0.114 e. The number of hydrogen-bond donors (Lipinski definition) is 1. The van der Waals surface area contributed by atoms with Crippen molar-refractivity contribution in [3.8, 4) is 11.4 Å². The molecule has 0 spiro atoms. The predicted octanol–water partition coefficient (Wildman–Crippen LogP) is 1.75. The second kappa shape index (κ2) is 4.30. The van der Waals surface area contributed by atoms with Crippen LogP contribution < -0.4 is 5.32 Å². The number of hydrogen-bond acceptors (Lipinski definition) is 3. The molecule has 1 N–H and O–H groups in total. The molecule has 4 heteroatoms. The summed E-state index contributed by atoms with van der Waals surface area (Å²) in [5.74, 6) is 0. The molecule has 3 heterocycles. The highest BCUT2D eigenvalue weighted by molar-refractivity contribution is 5.59. The number of nitrogens with zero attached hydrogens (tertiary/aromatic N) is 3. The molecule has 2 aromatic rings. The highest BCUT2D eigenvalue weighted by Crippen LogP contribution is 2.23. The Hall–Kier alpha value is -1.68. The maximum absolute atomic E-state index is 4.69. The van der Waals surface area contributed by atoms with Crippen LogP contribution in [-0.2, 0) is 13.1 Å². The summed E-state index contributed by atoms with van der Waals surface area (Å²) in [6, 6.07) is 5.95. The fraction of sp³-hybridized carbons (Fsp3) is 0.385. The minimum absolute atomic E-state index is 0.908. The predicted molar refractivity (Wildman–Crippen MR) is 66.5 cm³/mol. The molecule has 17 heavy (non-hydrogen) atoms. The Morgan fingerprint density at radius 2 is 2.29 bits per heavy atom. The first-order valence-corrected chi connectivity index (χ1v) is 6.04. The molecular formula is C13H16N4. The molecule has 0 radical (unpaired) electrons. The molecule has 1 aliphatic rings. The van der Waals surface area contributed by atoms with E-state index >= 15 is 0 Å². The average molecular weight is 228 g/mol. The molecule has 1 aliphatic heterocycles. The van der Waals surface area contributed by atoms with Gasteiger partial charge in [0.25, 0.3) is 0 Å². The molecule has 0 saturated heterocycles. The van der Waals surface area contributed by atoms with Gasteiger partial charge in [-0.05, 0) is 32.0 Å². The third kappa shape index (κ3) is 1.85. The van der Waals surface area contributed by atoms with E-state index in [1.54, 1.807) is 0 Å². The number of fused-ring (bicyclic) bond motifs is 1. The summed E-state index contributed by atoms with van der Waals surface area (Å²) < 4.78 is 2.12. The van der Waals surface area contributed by atoms with E-state index < -0.39 is 0 Å². The van der Waals surface area contributed by atoms with Crippen molar-refractivity contribution in [3.63, 3.8) is 0 Å². The molecule has 0 aliphatic carbocycles. The standard InChI is InChI=1S/C13H16N4/c1-10-12-9-14-6-4-8-17(12)16-13(10)11-5-2-3-7-15-11/h2-3,5,7,14H,4,6,8-9H2,1H3. The Balaban J connectivity index is 2.08. The van der Waals surface area contributed by atoms with E-state index in [-0.39, 0.29) is 0 Å². The minimum Gasteiger partial charge on any atom is -0.311 e. The lowest BCUT2D eigenvalue weighted by Gasteiger charge is -2.01. The van der Waals surface area contributed by atoms with Crippen molar-refractivity contribution in [1.29, 1.82) is 0 Å². The Labute approximate surface area is 101 Å². The van der Waals surface area contributed by atoms with Gasteiger partial charge in [0.2, 0.25) is 0 Å². The van der Waals surface area contributed by atoms with Crippen LogP contribution in [-0.4, -0.2) is 21.3 Å².